The fourth-order valence-corrected chi connectivity index (χ4v) is 2.54. The minimum Gasteiger partial charge on any atom is -0.491 e. The summed E-state index contributed by atoms with van der Waals surface area (Å²) < 4.78 is 10.4. The number of carbonyl (C=O) groups excluding carboxylic acids is 1. The van der Waals surface area contributed by atoms with E-state index in [-0.39, 0.29) is 18.4 Å². The van der Waals surface area contributed by atoms with Gasteiger partial charge in [-0.2, -0.15) is 0 Å². The van der Waals surface area contributed by atoms with Crippen molar-refractivity contribution in [1.82, 2.24) is 9.80 Å². The number of piperazine rings is 1. The minimum atomic E-state index is -0.690. The van der Waals surface area contributed by atoms with Crippen LogP contribution in [0, 0.1) is 10.1 Å². The number of rotatable bonds is 7. The Morgan fingerprint density at radius 2 is 1.92 bits per heavy atom. The molecule has 1 heterocycles. The van der Waals surface area contributed by atoms with Crippen molar-refractivity contribution in [2.24, 2.45) is 0 Å². The zero-order valence-corrected chi connectivity index (χ0v) is 14.2. The summed E-state index contributed by atoms with van der Waals surface area (Å²) in [6.45, 7) is 5.11. The van der Waals surface area contributed by atoms with E-state index in [2.05, 4.69) is 4.90 Å². The number of non-ortho nitro benzene ring substituents is 1. The normalized spacial score (nSPS) is 16.3. The van der Waals surface area contributed by atoms with E-state index in [1.807, 2.05) is 0 Å². The number of nitrogens with zero attached hydrogens (tertiary/aromatic N) is 3. The maximum Gasteiger partial charge on any atom is 0.409 e. The summed E-state index contributed by atoms with van der Waals surface area (Å²) >= 11 is 0. The number of carbonyl (C=O) groups is 1. The van der Waals surface area contributed by atoms with Crippen LogP contribution in [-0.4, -0.2) is 78.0 Å². The lowest BCUT2D eigenvalue weighted by atomic mass is 10.2. The third-order valence-electron chi connectivity index (χ3n) is 3.86. The number of aliphatic hydroxyl groups is 1. The van der Waals surface area contributed by atoms with Crippen molar-refractivity contribution in [2.45, 2.75) is 13.0 Å². The van der Waals surface area contributed by atoms with Crippen LogP contribution in [-0.2, 0) is 4.74 Å². The molecule has 1 atom stereocenters. The number of β-amino-alcohol motifs (C(OH)–C–C–N with tert-alkyl or cyclic N) is 1. The van der Waals surface area contributed by atoms with Gasteiger partial charge in [-0.3, -0.25) is 15.0 Å². The molecule has 0 spiro atoms. The van der Waals surface area contributed by atoms with E-state index in [9.17, 15) is 20.0 Å². The number of hydrogen-bond acceptors (Lipinski definition) is 7. The summed E-state index contributed by atoms with van der Waals surface area (Å²) in [6, 6.07) is 5.72. The van der Waals surface area contributed by atoms with Crippen LogP contribution in [0.2, 0.25) is 0 Å². The van der Waals surface area contributed by atoms with Gasteiger partial charge < -0.3 is 19.5 Å². The molecule has 9 nitrogen and oxygen atoms in total. The SMILES string of the molecule is CCOC(=O)N1CCN(C[C@@H](O)COc2ccc([N+](=O)[O-])cc2)CC1. The molecule has 0 aliphatic carbocycles. The Labute approximate surface area is 145 Å². The molecule has 1 N–H and O–H groups in total. The summed E-state index contributed by atoms with van der Waals surface area (Å²) in [6.07, 6.45) is -0.992. The largest absolute Gasteiger partial charge is 0.491 e. The molecule has 1 saturated heterocycles. The Kier molecular flexibility index (Phi) is 6.96. The standard InChI is InChI=1S/C16H23N3O6/c1-2-24-16(21)18-9-7-17(8-10-18)11-14(20)12-25-15-5-3-13(4-6-15)19(22)23/h3-6,14,20H,2,7-12H2,1H3/t14-/m1/s1. The van der Waals surface area contributed by atoms with Crippen LogP contribution in [0.15, 0.2) is 24.3 Å². The molecule has 0 radical (unpaired) electrons. The molecule has 0 saturated carbocycles. The summed E-state index contributed by atoms with van der Waals surface area (Å²) in [4.78, 5) is 25.4. The number of hydrogen-bond donors (Lipinski definition) is 1. The molecule has 0 bridgehead atoms. The highest BCUT2D eigenvalue weighted by molar-refractivity contribution is 5.67. The molecular formula is C16H23N3O6. The number of amides is 1. The molecule has 1 fully saturated rings. The van der Waals surface area contributed by atoms with Crippen LogP contribution in [0.5, 0.6) is 5.75 Å². The Morgan fingerprint density at radius 3 is 2.48 bits per heavy atom. The second kappa shape index (κ2) is 9.19. The number of benzene rings is 1. The maximum absolute atomic E-state index is 11.6. The molecule has 138 valence electrons. The van der Waals surface area contributed by atoms with Gasteiger partial charge in [0, 0.05) is 44.9 Å². The lowest BCUT2D eigenvalue weighted by molar-refractivity contribution is -0.384. The fraction of sp³-hybridized carbons (Fsp3) is 0.562. The third kappa shape index (κ3) is 5.87. The molecular weight excluding hydrogens is 330 g/mol. The van der Waals surface area contributed by atoms with Crippen molar-refractivity contribution in [1.29, 1.82) is 0 Å². The van der Waals surface area contributed by atoms with Gasteiger partial charge in [0.05, 0.1) is 11.5 Å². The highest BCUT2D eigenvalue weighted by Crippen LogP contribution is 2.17. The van der Waals surface area contributed by atoms with Crippen LogP contribution in [0.3, 0.4) is 0 Å². The van der Waals surface area contributed by atoms with Gasteiger partial charge in [0.1, 0.15) is 18.5 Å². The molecule has 9 heteroatoms. The van der Waals surface area contributed by atoms with Gasteiger partial charge in [0.15, 0.2) is 0 Å². The van der Waals surface area contributed by atoms with Gasteiger partial charge in [0.2, 0.25) is 0 Å². The topological polar surface area (TPSA) is 105 Å². The quantitative estimate of drug-likeness (QED) is 0.578. The summed E-state index contributed by atoms with van der Waals surface area (Å²) in [5.41, 5.74) is -0.00707. The van der Waals surface area contributed by atoms with Crippen LogP contribution in [0.4, 0.5) is 10.5 Å². The van der Waals surface area contributed by atoms with Gasteiger partial charge in [0.25, 0.3) is 5.69 Å². The van der Waals surface area contributed by atoms with E-state index in [4.69, 9.17) is 9.47 Å². The van der Waals surface area contributed by atoms with E-state index in [1.54, 1.807) is 11.8 Å². The van der Waals surface area contributed by atoms with Gasteiger partial charge in [-0.1, -0.05) is 0 Å². The zero-order valence-electron chi connectivity index (χ0n) is 14.2. The average Bonchev–Trinajstić information content (AvgIpc) is 2.61. The van der Waals surface area contributed by atoms with Crippen LogP contribution < -0.4 is 4.74 Å². The predicted molar refractivity (Wildman–Crippen MR) is 89.6 cm³/mol. The smallest absolute Gasteiger partial charge is 0.409 e. The van der Waals surface area contributed by atoms with Gasteiger partial charge >= 0.3 is 6.09 Å². The third-order valence-corrected chi connectivity index (χ3v) is 3.86. The van der Waals surface area contributed by atoms with E-state index in [0.717, 1.165) is 0 Å². The van der Waals surface area contributed by atoms with Gasteiger partial charge in [-0.25, -0.2) is 4.79 Å². The highest BCUT2D eigenvalue weighted by atomic mass is 16.6. The summed E-state index contributed by atoms with van der Waals surface area (Å²) in [5.74, 6) is 0.469. The number of nitro benzene ring substituents is 1. The fourth-order valence-electron chi connectivity index (χ4n) is 2.54. The first kappa shape index (κ1) is 18.9. The molecule has 1 aromatic rings. The van der Waals surface area contributed by atoms with Gasteiger partial charge in [-0.15, -0.1) is 0 Å². The van der Waals surface area contributed by atoms with Gasteiger partial charge in [-0.05, 0) is 19.1 Å². The number of aliphatic hydroxyl groups excluding tert-OH is 1. The Hall–Kier alpha value is -2.39. The van der Waals surface area contributed by atoms with E-state index < -0.39 is 11.0 Å². The Morgan fingerprint density at radius 1 is 1.28 bits per heavy atom. The molecule has 0 unspecified atom stereocenters. The Bertz CT molecular complexity index is 572. The summed E-state index contributed by atoms with van der Waals surface area (Å²) in [7, 11) is 0. The molecule has 25 heavy (non-hydrogen) atoms. The first-order chi connectivity index (χ1) is 12.0. The number of nitro groups is 1. The van der Waals surface area contributed by atoms with E-state index in [1.165, 1.54) is 24.3 Å². The molecule has 1 amide bonds. The monoisotopic (exact) mass is 353 g/mol. The summed E-state index contributed by atoms with van der Waals surface area (Å²) in [5, 5.41) is 20.7. The molecule has 0 aromatic heterocycles. The van der Waals surface area contributed by atoms with Crippen molar-refractivity contribution in [3.05, 3.63) is 34.4 Å². The lowest BCUT2D eigenvalue weighted by Gasteiger charge is -2.34. The molecule has 1 aromatic carbocycles. The van der Waals surface area contributed by atoms with Crippen LogP contribution >= 0.6 is 0 Å². The van der Waals surface area contributed by atoms with Crippen molar-refractivity contribution in [3.8, 4) is 5.75 Å². The van der Waals surface area contributed by atoms with Crippen molar-refractivity contribution in [3.63, 3.8) is 0 Å². The maximum atomic E-state index is 11.6. The van der Waals surface area contributed by atoms with Crippen molar-refractivity contribution < 1.29 is 24.3 Å². The van der Waals surface area contributed by atoms with Crippen LogP contribution in [0.1, 0.15) is 6.92 Å². The molecule has 1 aliphatic heterocycles. The highest BCUT2D eigenvalue weighted by Gasteiger charge is 2.23. The van der Waals surface area contributed by atoms with Crippen molar-refractivity contribution in [2.75, 3.05) is 45.9 Å². The van der Waals surface area contributed by atoms with E-state index >= 15 is 0 Å². The lowest BCUT2D eigenvalue weighted by Crippen LogP contribution is -2.51. The Balaban J connectivity index is 1.69. The van der Waals surface area contributed by atoms with Crippen molar-refractivity contribution >= 4 is 11.8 Å². The second-order valence-corrected chi connectivity index (χ2v) is 5.70. The average molecular weight is 353 g/mol. The zero-order chi connectivity index (χ0) is 18.2. The second-order valence-electron chi connectivity index (χ2n) is 5.70. The molecule has 1 aliphatic rings. The predicted octanol–water partition coefficient (Wildman–Crippen LogP) is 1.11. The number of ether oxygens (including phenoxy) is 2. The molecule has 2 rings (SSSR count). The first-order valence-electron chi connectivity index (χ1n) is 8.19. The van der Waals surface area contributed by atoms with Crippen LogP contribution in [0.25, 0.3) is 0 Å². The first-order valence-corrected chi connectivity index (χ1v) is 8.19. The van der Waals surface area contributed by atoms with E-state index in [0.29, 0.717) is 45.1 Å². The minimum absolute atomic E-state index is 0.00707.